The van der Waals surface area contributed by atoms with E-state index in [0.717, 1.165) is 12.8 Å². The molecule has 0 bridgehead atoms. The molecule has 1 aromatic carbocycles. The van der Waals surface area contributed by atoms with Crippen LogP contribution in [0.15, 0.2) is 35.3 Å². The highest BCUT2D eigenvalue weighted by Crippen LogP contribution is 2.71. The summed E-state index contributed by atoms with van der Waals surface area (Å²) < 4.78 is 52.1. The van der Waals surface area contributed by atoms with Crippen LogP contribution in [0.2, 0.25) is 0 Å². The average molecular weight is 547 g/mol. The second kappa shape index (κ2) is 17.2. The normalized spacial score (nSPS) is 13.6. The highest BCUT2D eigenvalue weighted by molar-refractivity contribution is 7.74. The van der Waals surface area contributed by atoms with E-state index in [1.807, 2.05) is 27.7 Å². The van der Waals surface area contributed by atoms with Crippen LogP contribution in [0.25, 0.3) is 0 Å². The molecule has 206 valence electrons. The molecule has 36 heavy (non-hydrogen) atoms. The molecule has 0 aliphatic heterocycles. The zero-order valence-corrected chi connectivity index (χ0v) is 24.5. The van der Waals surface area contributed by atoms with Gasteiger partial charge in [0, 0.05) is 18.7 Å². The summed E-state index contributed by atoms with van der Waals surface area (Å²) in [7, 11) is -8.36. The Hall–Kier alpha value is -1.34. The van der Waals surface area contributed by atoms with Crippen LogP contribution in [0.4, 0.5) is 0 Å². The van der Waals surface area contributed by atoms with Gasteiger partial charge in [-0.05, 0) is 52.7 Å². The largest absolute Gasteiger partial charge is 0.359 e. The Morgan fingerprint density at radius 3 is 1.69 bits per heavy atom. The summed E-state index contributed by atoms with van der Waals surface area (Å²) in [6.07, 6.45) is 2.86. The Labute approximate surface area is 217 Å². The third kappa shape index (κ3) is 9.51. The molecule has 1 amide bonds. The fourth-order valence-corrected chi connectivity index (χ4v) is 8.83. The van der Waals surface area contributed by atoms with Gasteiger partial charge in [0.15, 0.2) is 0 Å². The van der Waals surface area contributed by atoms with E-state index in [2.05, 4.69) is 4.99 Å². The average Bonchev–Trinajstić information content (AvgIpc) is 2.86. The van der Waals surface area contributed by atoms with Crippen molar-refractivity contribution in [2.75, 3.05) is 39.5 Å². The Bertz CT molecular complexity index is 868. The number of hydrogen-bond acceptors (Lipinski definition) is 7. The van der Waals surface area contributed by atoms with Crippen LogP contribution in [0.3, 0.4) is 0 Å². The number of carbonyl (C=O) groups is 1. The number of rotatable bonds is 18. The van der Waals surface area contributed by atoms with Crippen molar-refractivity contribution in [3.63, 3.8) is 0 Å². The lowest BCUT2D eigenvalue weighted by atomic mass is 10.2. The Morgan fingerprint density at radius 1 is 0.806 bits per heavy atom. The standard InChI is InChI=1S/C25H44N2O7P2/c1-7-13-20-33-36(30,34-21-14-8-2)25(35(29,31-11-5)32-12-6)23(27(9-3)10-4)26-24(28)22-18-16-15-17-19-22/h15-19,25H,7-14,20-21H2,1-6H3. The number of carbonyl (C=O) groups excluding carboxylic acids is 1. The molecule has 0 N–H and O–H groups in total. The van der Waals surface area contributed by atoms with Crippen molar-refractivity contribution in [2.24, 2.45) is 4.99 Å². The molecule has 0 heterocycles. The molecule has 0 aliphatic rings. The maximum atomic E-state index is 14.6. The van der Waals surface area contributed by atoms with Gasteiger partial charge < -0.3 is 23.0 Å². The van der Waals surface area contributed by atoms with Gasteiger partial charge in [-0.15, -0.1) is 0 Å². The van der Waals surface area contributed by atoms with Gasteiger partial charge in [-0.25, -0.2) is 0 Å². The predicted octanol–water partition coefficient (Wildman–Crippen LogP) is 6.99. The van der Waals surface area contributed by atoms with Crippen LogP contribution in [-0.4, -0.2) is 61.6 Å². The molecule has 0 spiro atoms. The van der Waals surface area contributed by atoms with Crippen molar-refractivity contribution in [2.45, 2.75) is 72.6 Å². The first kappa shape index (κ1) is 32.7. The number of hydrogen-bond donors (Lipinski definition) is 0. The minimum Gasteiger partial charge on any atom is -0.359 e. The fourth-order valence-electron chi connectivity index (χ4n) is 3.43. The summed E-state index contributed by atoms with van der Waals surface area (Å²) >= 11 is 0. The van der Waals surface area contributed by atoms with Gasteiger partial charge in [0.2, 0.25) is 5.40 Å². The van der Waals surface area contributed by atoms with Gasteiger partial charge in [0.05, 0.1) is 26.4 Å². The summed E-state index contributed by atoms with van der Waals surface area (Å²) in [5.74, 6) is -0.536. The lowest BCUT2D eigenvalue weighted by molar-refractivity contribution is 0.100. The maximum Gasteiger partial charge on any atom is 0.353 e. The van der Waals surface area contributed by atoms with E-state index in [9.17, 15) is 13.9 Å². The lowest BCUT2D eigenvalue weighted by Crippen LogP contribution is -2.41. The van der Waals surface area contributed by atoms with Gasteiger partial charge in [-0.1, -0.05) is 44.9 Å². The van der Waals surface area contributed by atoms with Gasteiger partial charge in [0.25, 0.3) is 5.91 Å². The Kier molecular flexibility index (Phi) is 15.6. The Morgan fingerprint density at radius 2 is 1.28 bits per heavy atom. The topological polar surface area (TPSA) is 104 Å². The van der Waals surface area contributed by atoms with Crippen molar-refractivity contribution >= 4 is 26.9 Å². The summed E-state index contributed by atoms with van der Waals surface area (Å²) in [5.41, 5.74) is 0.345. The molecule has 9 nitrogen and oxygen atoms in total. The van der Waals surface area contributed by atoms with Crippen molar-refractivity contribution in [1.82, 2.24) is 4.90 Å². The van der Waals surface area contributed by atoms with Crippen molar-refractivity contribution in [3.05, 3.63) is 35.9 Å². The SMILES string of the molecule is CCCCOP(=O)(OCCCC)C(C(=NC(=O)c1ccccc1)N(CC)CC)P(=O)(OCC)OCC. The highest BCUT2D eigenvalue weighted by atomic mass is 31.2. The molecule has 0 saturated carbocycles. The Balaban J connectivity index is 3.87. The second-order valence-electron chi connectivity index (χ2n) is 7.98. The first-order chi connectivity index (χ1) is 17.3. The van der Waals surface area contributed by atoms with E-state index < -0.39 is 26.5 Å². The smallest absolute Gasteiger partial charge is 0.353 e. The third-order valence-corrected chi connectivity index (χ3v) is 11.0. The third-order valence-electron chi connectivity index (χ3n) is 5.31. The van der Waals surface area contributed by atoms with Crippen LogP contribution in [-0.2, 0) is 27.2 Å². The monoisotopic (exact) mass is 546 g/mol. The van der Waals surface area contributed by atoms with E-state index in [-0.39, 0.29) is 32.3 Å². The minimum absolute atomic E-state index is 0.0235. The molecule has 0 aliphatic carbocycles. The number of amidine groups is 1. The van der Waals surface area contributed by atoms with E-state index in [0.29, 0.717) is 31.5 Å². The molecule has 1 atom stereocenters. The van der Waals surface area contributed by atoms with Crippen LogP contribution >= 0.6 is 15.2 Å². The van der Waals surface area contributed by atoms with Crippen LogP contribution in [0, 0.1) is 0 Å². The number of aliphatic imine (C=N–C) groups is 1. The van der Waals surface area contributed by atoms with Gasteiger partial charge in [-0.3, -0.25) is 13.9 Å². The van der Waals surface area contributed by atoms with Gasteiger partial charge >= 0.3 is 15.2 Å². The van der Waals surface area contributed by atoms with Gasteiger partial charge in [-0.2, -0.15) is 4.99 Å². The lowest BCUT2D eigenvalue weighted by Gasteiger charge is -2.36. The second-order valence-corrected chi connectivity index (χ2v) is 12.6. The molecule has 0 radical (unpaired) electrons. The zero-order valence-electron chi connectivity index (χ0n) is 22.7. The molecule has 1 aromatic rings. The minimum atomic E-state index is -4.19. The molecule has 0 aromatic heterocycles. The summed E-state index contributed by atoms with van der Waals surface area (Å²) in [4.78, 5) is 19.3. The van der Waals surface area contributed by atoms with Crippen molar-refractivity contribution in [1.29, 1.82) is 0 Å². The number of benzene rings is 1. The highest BCUT2D eigenvalue weighted by Gasteiger charge is 2.55. The van der Waals surface area contributed by atoms with E-state index in [1.165, 1.54) is 0 Å². The molecular formula is C25H44N2O7P2. The molecule has 0 fully saturated rings. The number of nitrogens with zero attached hydrogens (tertiary/aromatic N) is 2. The first-order valence-corrected chi connectivity index (χ1v) is 16.2. The summed E-state index contributed by atoms with van der Waals surface area (Å²) in [5, 5.41) is -1.52. The molecular weight excluding hydrogens is 502 g/mol. The van der Waals surface area contributed by atoms with Crippen LogP contribution < -0.4 is 0 Å². The molecule has 0 saturated heterocycles. The maximum absolute atomic E-state index is 14.6. The zero-order chi connectivity index (χ0) is 27.0. The van der Waals surface area contributed by atoms with Crippen LogP contribution in [0.5, 0.6) is 0 Å². The van der Waals surface area contributed by atoms with E-state index >= 15 is 0 Å². The van der Waals surface area contributed by atoms with Gasteiger partial charge in [0.1, 0.15) is 5.84 Å². The summed E-state index contributed by atoms with van der Waals surface area (Å²) in [6, 6.07) is 8.54. The quantitative estimate of drug-likeness (QED) is 0.0840. The van der Waals surface area contributed by atoms with Crippen molar-refractivity contribution in [3.8, 4) is 0 Å². The molecule has 11 heteroatoms. The predicted molar refractivity (Wildman–Crippen MR) is 145 cm³/mol. The molecule has 1 rings (SSSR count). The van der Waals surface area contributed by atoms with Crippen LogP contribution in [0.1, 0.15) is 77.6 Å². The fraction of sp³-hybridized carbons (Fsp3) is 0.680. The van der Waals surface area contributed by atoms with Crippen molar-refractivity contribution < 1.29 is 32.0 Å². The number of unbranched alkanes of at least 4 members (excludes halogenated alkanes) is 2. The summed E-state index contributed by atoms with van der Waals surface area (Å²) in [6.45, 7) is 12.2. The first-order valence-electron chi connectivity index (χ1n) is 13.0. The number of amides is 1. The van der Waals surface area contributed by atoms with E-state index in [1.54, 1.807) is 49.1 Å². The van der Waals surface area contributed by atoms with E-state index in [4.69, 9.17) is 18.1 Å². The molecule has 1 unspecified atom stereocenters.